The van der Waals surface area contributed by atoms with Crippen molar-refractivity contribution in [1.29, 1.82) is 0 Å². The largest absolute Gasteiger partial charge is 0.482 e. The molecule has 1 heterocycles. The van der Waals surface area contributed by atoms with Crippen LogP contribution in [-0.2, 0) is 17.8 Å². The van der Waals surface area contributed by atoms with Gasteiger partial charge in [-0.15, -0.1) is 10.2 Å². The second kappa shape index (κ2) is 12.2. The van der Waals surface area contributed by atoms with Gasteiger partial charge in [-0.05, 0) is 54.9 Å². The SMILES string of the molecule is CCc1cccc(C)c1NC(=O)CSc1nnc(C(C)Oc2ccccc2C(C)C)n1CC(C)C. The zero-order valence-corrected chi connectivity index (χ0v) is 22.8. The maximum absolute atomic E-state index is 12.8. The Hall–Kier alpha value is -2.80. The minimum atomic E-state index is -0.275. The van der Waals surface area contributed by atoms with Gasteiger partial charge in [0.2, 0.25) is 5.91 Å². The van der Waals surface area contributed by atoms with Gasteiger partial charge in [0.25, 0.3) is 0 Å². The molecule has 3 aromatic rings. The number of carbonyl (C=O) groups excluding carboxylic acids is 1. The van der Waals surface area contributed by atoms with Crippen molar-refractivity contribution >= 4 is 23.4 Å². The molecule has 1 amide bonds. The molecule has 0 bridgehead atoms. The summed E-state index contributed by atoms with van der Waals surface area (Å²) < 4.78 is 8.45. The maximum Gasteiger partial charge on any atom is 0.234 e. The van der Waals surface area contributed by atoms with E-state index in [2.05, 4.69) is 66.8 Å². The fraction of sp³-hybridized carbons (Fsp3) is 0.464. The molecule has 0 aliphatic heterocycles. The summed E-state index contributed by atoms with van der Waals surface area (Å²) in [7, 11) is 0. The second-order valence-corrected chi connectivity index (χ2v) is 10.5. The number of anilines is 1. The van der Waals surface area contributed by atoms with Gasteiger partial charge >= 0.3 is 0 Å². The number of nitrogens with zero attached hydrogens (tertiary/aromatic N) is 3. The number of para-hydroxylation sites is 2. The van der Waals surface area contributed by atoms with E-state index in [9.17, 15) is 4.79 Å². The summed E-state index contributed by atoms with van der Waals surface area (Å²) in [6, 6.07) is 14.2. The van der Waals surface area contributed by atoms with Crippen LogP contribution >= 0.6 is 11.8 Å². The number of benzene rings is 2. The van der Waals surface area contributed by atoms with Crippen LogP contribution in [0.3, 0.4) is 0 Å². The van der Waals surface area contributed by atoms with Gasteiger partial charge in [0.1, 0.15) is 5.75 Å². The molecule has 1 unspecified atom stereocenters. The summed E-state index contributed by atoms with van der Waals surface area (Å²) >= 11 is 1.41. The van der Waals surface area contributed by atoms with Crippen molar-refractivity contribution in [3.63, 3.8) is 0 Å². The zero-order chi connectivity index (χ0) is 25.5. The van der Waals surface area contributed by atoms with Crippen LogP contribution in [0.25, 0.3) is 0 Å². The highest BCUT2D eigenvalue weighted by molar-refractivity contribution is 7.99. The molecule has 6 nitrogen and oxygen atoms in total. The quantitative estimate of drug-likeness (QED) is 0.297. The highest BCUT2D eigenvalue weighted by Gasteiger charge is 2.22. The van der Waals surface area contributed by atoms with E-state index in [0.717, 1.165) is 46.5 Å². The first kappa shape index (κ1) is 26.8. The lowest BCUT2D eigenvalue weighted by atomic mass is 10.0. The number of ether oxygens (including phenoxy) is 1. The Kier molecular flexibility index (Phi) is 9.38. The monoisotopic (exact) mass is 494 g/mol. The number of aryl methyl sites for hydroxylation is 2. The number of hydrogen-bond donors (Lipinski definition) is 1. The second-order valence-electron chi connectivity index (χ2n) is 9.60. The lowest BCUT2D eigenvalue weighted by molar-refractivity contribution is -0.113. The van der Waals surface area contributed by atoms with E-state index in [1.807, 2.05) is 44.2 Å². The van der Waals surface area contributed by atoms with Crippen LogP contribution in [-0.4, -0.2) is 26.4 Å². The molecule has 1 N–H and O–H groups in total. The van der Waals surface area contributed by atoms with E-state index in [1.165, 1.54) is 17.3 Å². The molecule has 0 saturated carbocycles. The summed E-state index contributed by atoms with van der Waals surface area (Å²) in [5.41, 5.74) is 4.29. The third-order valence-corrected chi connectivity index (χ3v) is 6.81. The average molecular weight is 495 g/mol. The van der Waals surface area contributed by atoms with Crippen molar-refractivity contribution in [2.24, 2.45) is 5.92 Å². The molecule has 0 radical (unpaired) electrons. The fourth-order valence-electron chi connectivity index (χ4n) is 4.06. The van der Waals surface area contributed by atoms with Crippen molar-refractivity contribution in [2.45, 2.75) is 78.6 Å². The van der Waals surface area contributed by atoms with Gasteiger partial charge in [-0.3, -0.25) is 4.79 Å². The van der Waals surface area contributed by atoms with E-state index in [1.54, 1.807) is 0 Å². The molecule has 35 heavy (non-hydrogen) atoms. The van der Waals surface area contributed by atoms with E-state index in [4.69, 9.17) is 4.74 Å². The highest BCUT2D eigenvalue weighted by Crippen LogP contribution is 2.31. The van der Waals surface area contributed by atoms with Crippen LogP contribution in [0.4, 0.5) is 5.69 Å². The standard InChI is InChI=1S/C28H38N4O2S/c1-8-22-13-11-12-20(6)26(22)29-25(33)17-35-28-31-30-27(32(28)16-18(2)3)21(7)34-24-15-10-9-14-23(24)19(4)5/h9-15,18-19,21H,8,16-17H2,1-7H3,(H,29,33). The van der Waals surface area contributed by atoms with Crippen LogP contribution in [0.5, 0.6) is 5.75 Å². The Bertz CT molecular complexity index is 1140. The van der Waals surface area contributed by atoms with Crippen LogP contribution in [0.1, 0.15) is 76.1 Å². The molecule has 0 spiro atoms. The van der Waals surface area contributed by atoms with E-state index < -0.39 is 0 Å². The van der Waals surface area contributed by atoms with E-state index in [0.29, 0.717) is 11.8 Å². The van der Waals surface area contributed by atoms with E-state index >= 15 is 0 Å². The Morgan fingerprint density at radius 2 is 1.80 bits per heavy atom. The van der Waals surface area contributed by atoms with Crippen LogP contribution in [0.2, 0.25) is 0 Å². The first-order valence-corrected chi connectivity index (χ1v) is 13.4. The Morgan fingerprint density at radius 1 is 1.06 bits per heavy atom. The number of aromatic nitrogens is 3. The smallest absolute Gasteiger partial charge is 0.234 e. The summed E-state index contributed by atoms with van der Waals surface area (Å²) in [4.78, 5) is 12.8. The van der Waals surface area contributed by atoms with Gasteiger partial charge in [0.15, 0.2) is 17.1 Å². The molecule has 0 aliphatic carbocycles. The van der Waals surface area contributed by atoms with Crippen molar-refractivity contribution in [3.8, 4) is 5.75 Å². The number of hydrogen-bond acceptors (Lipinski definition) is 5. The predicted octanol–water partition coefficient (Wildman–Crippen LogP) is 6.80. The molecular weight excluding hydrogens is 456 g/mol. The van der Waals surface area contributed by atoms with Crippen molar-refractivity contribution in [1.82, 2.24) is 14.8 Å². The summed E-state index contributed by atoms with van der Waals surface area (Å²) in [5.74, 6) is 2.61. The highest BCUT2D eigenvalue weighted by atomic mass is 32.2. The minimum absolute atomic E-state index is 0.0465. The lowest BCUT2D eigenvalue weighted by Crippen LogP contribution is -2.18. The summed E-state index contributed by atoms with van der Waals surface area (Å²) in [5, 5.41) is 12.7. The molecule has 1 aromatic heterocycles. The predicted molar refractivity (Wildman–Crippen MR) is 144 cm³/mol. The van der Waals surface area contributed by atoms with Crippen molar-refractivity contribution in [2.75, 3.05) is 11.1 Å². The molecule has 0 aliphatic rings. The normalized spacial score (nSPS) is 12.3. The molecule has 188 valence electrons. The topological polar surface area (TPSA) is 69.0 Å². The van der Waals surface area contributed by atoms with Crippen molar-refractivity contribution in [3.05, 3.63) is 65.0 Å². The van der Waals surface area contributed by atoms with E-state index in [-0.39, 0.29) is 17.8 Å². The number of rotatable bonds is 11. The fourth-order valence-corrected chi connectivity index (χ4v) is 4.81. The molecule has 0 fully saturated rings. The minimum Gasteiger partial charge on any atom is -0.482 e. The molecule has 0 saturated heterocycles. The lowest BCUT2D eigenvalue weighted by Gasteiger charge is -2.20. The van der Waals surface area contributed by atoms with Gasteiger partial charge in [0.05, 0.1) is 5.75 Å². The molecule has 3 rings (SSSR count). The van der Waals surface area contributed by atoms with Gasteiger partial charge in [0, 0.05) is 12.2 Å². The number of nitrogens with one attached hydrogen (secondary N) is 1. The van der Waals surface area contributed by atoms with Gasteiger partial charge in [-0.1, -0.05) is 82.8 Å². The Morgan fingerprint density at radius 3 is 2.49 bits per heavy atom. The zero-order valence-electron chi connectivity index (χ0n) is 22.0. The number of amides is 1. The van der Waals surface area contributed by atoms with Crippen LogP contribution in [0.15, 0.2) is 47.6 Å². The number of carbonyl (C=O) groups is 1. The molecular formula is C28H38N4O2S. The summed E-state index contributed by atoms with van der Waals surface area (Å²) in [6.07, 6.45) is 0.595. The van der Waals surface area contributed by atoms with Crippen LogP contribution in [0, 0.1) is 12.8 Å². The van der Waals surface area contributed by atoms with Crippen molar-refractivity contribution < 1.29 is 9.53 Å². The van der Waals surface area contributed by atoms with Gasteiger partial charge < -0.3 is 14.6 Å². The average Bonchev–Trinajstić information content (AvgIpc) is 3.21. The van der Waals surface area contributed by atoms with Crippen LogP contribution < -0.4 is 10.1 Å². The maximum atomic E-state index is 12.8. The van der Waals surface area contributed by atoms with Gasteiger partial charge in [-0.2, -0.15) is 0 Å². The first-order valence-electron chi connectivity index (χ1n) is 12.4. The first-order chi connectivity index (χ1) is 16.7. The molecule has 7 heteroatoms. The summed E-state index contributed by atoms with van der Waals surface area (Å²) in [6.45, 7) is 15.5. The number of thioether (sulfide) groups is 1. The Labute approximate surface area is 213 Å². The van der Waals surface area contributed by atoms with Gasteiger partial charge in [-0.25, -0.2) is 0 Å². The molecule has 1 atom stereocenters. The third kappa shape index (κ3) is 6.88. The molecule has 2 aromatic carbocycles. The third-order valence-electron chi connectivity index (χ3n) is 5.84. The Balaban J connectivity index is 1.76.